The zero-order valence-electron chi connectivity index (χ0n) is 8.01. The summed E-state index contributed by atoms with van der Waals surface area (Å²) in [7, 11) is 0. The first kappa shape index (κ1) is 10.2. The van der Waals surface area contributed by atoms with Crippen LogP contribution in [0.1, 0.15) is 17.2 Å². The van der Waals surface area contributed by atoms with E-state index in [0.29, 0.717) is 16.1 Å². The highest BCUT2D eigenvalue weighted by molar-refractivity contribution is 6.31. The SMILES string of the molecule is Cc1ccc(Cl)c([C@H]2COC(=O)N2)c1F. The highest BCUT2D eigenvalue weighted by Crippen LogP contribution is 2.29. The van der Waals surface area contributed by atoms with Crippen LogP contribution in [0.2, 0.25) is 5.02 Å². The Morgan fingerprint density at radius 3 is 2.93 bits per heavy atom. The normalized spacial score (nSPS) is 19.9. The van der Waals surface area contributed by atoms with E-state index in [4.69, 9.17) is 16.3 Å². The van der Waals surface area contributed by atoms with Crippen LogP contribution >= 0.6 is 11.6 Å². The number of amides is 1. The van der Waals surface area contributed by atoms with Gasteiger partial charge in [0.2, 0.25) is 0 Å². The zero-order valence-corrected chi connectivity index (χ0v) is 8.77. The Labute approximate surface area is 91.2 Å². The highest BCUT2D eigenvalue weighted by atomic mass is 35.5. The van der Waals surface area contributed by atoms with Gasteiger partial charge in [0.25, 0.3) is 0 Å². The molecule has 1 amide bonds. The monoisotopic (exact) mass is 229 g/mol. The molecule has 1 aromatic carbocycles. The molecule has 1 aromatic rings. The van der Waals surface area contributed by atoms with Gasteiger partial charge < -0.3 is 10.1 Å². The van der Waals surface area contributed by atoms with Gasteiger partial charge in [-0.1, -0.05) is 17.7 Å². The van der Waals surface area contributed by atoms with Crippen LogP contribution in [0, 0.1) is 12.7 Å². The summed E-state index contributed by atoms with van der Waals surface area (Å²) >= 11 is 5.88. The molecule has 0 spiro atoms. The van der Waals surface area contributed by atoms with Gasteiger partial charge >= 0.3 is 6.09 Å². The molecular formula is C10H9ClFNO2. The first-order valence-corrected chi connectivity index (χ1v) is 4.85. The molecule has 1 aliphatic heterocycles. The Morgan fingerprint density at radius 1 is 1.60 bits per heavy atom. The standard InChI is InChI=1S/C10H9ClFNO2/c1-5-2-3-6(11)8(9(5)12)7-4-15-10(14)13-7/h2-3,7H,4H2,1H3,(H,13,14)/t7-/m1/s1. The smallest absolute Gasteiger partial charge is 0.407 e. The van der Waals surface area contributed by atoms with Crippen molar-refractivity contribution in [2.24, 2.45) is 0 Å². The molecule has 1 N–H and O–H groups in total. The number of aryl methyl sites for hydroxylation is 1. The minimum Gasteiger partial charge on any atom is -0.447 e. The number of alkyl carbamates (subject to hydrolysis) is 1. The molecule has 15 heavy (non-hydrogen) atoms. The van der Waals surface area contributed by atoms with Crippen molar-refractivity contribution in [2.45, 2.75) is 13.0 Å². The number of benzene rings is 1. The predicted octanol–water partition coefficient (Wildman–Crippen LogP) is 2.57. The van der Waals surface area contributed by atoms with Crippen LogP contribution in [0.4, 0.5) is 9.18 Å². The first-order valence-electron chi connectivity index (χ1n) is 4.47. The second-order valence-corrected chi connectivity index (χ2v) is 3.79. The second kappa shape index (κ2) is 3.70. The van der Waals surface area contributed by atoms with Crippen molar-refractivity contribution in [1.82, 2.24) is 5.32 Å². The van der Waals surface area contributed by atoms with Crippen molar-refractivity contribution >= 4 is 17.7 Å². The van der Waals surface area contributed by atoms with Crippen LogP contribution in [0.5, 0.6) is 0 Å². The van der Waals surface area contributed by atoms with E-state index >= 15 is 0 Å². The van der Waals surface area contributed by atoms with Gasteiger partial charge in [0.15, 0.2) is 0 Å². The van der Waals surface area contributed by atoms with Crippen molar-refractivity contribution in [2.75, 3.05) is 6.61 Å². The fourth-order valence-electron chi connectivity index (χ4n) is 1.54. The third-order valence-corrected chi connectivity index (χ3v) is 2.67. The number of carbonyl (C=O) groups is 1. The Morgan fingerprint density at radius 2 is 2.33 bits per heavy atom. The average molecular weight is 230 g/mol. The molecule has 1 saturated heterocycles. The van der Waals surface area contributed by atoms with Crippen molar-refractivity contribution in [1.29, 1.82) is 0 Å². The Hall–Kier alpha value is -1.29. The molecule has 0 aromatic heterocycles. The summed E-state index contributed by atoms with van der Waals surface area (Å²) in [6.07, 6.45) is -0.544. The van der Waals surface area contributed by atoms with Gasteiger partial charge in [0.05, 0.1) is 6.04 Å². The molecule has 5 heteroatoms. The summed E-state index contributed by atoms with van der Waals surface area (Å²) in [6.45, 7) is 1.76. The molecule has 1 fully saturated rings. The molecule has 0 bridgehead atoms. The fraction of sp³-hybridized carbons (Fsp3) is 0.300. The Bertz CT molecular complexity index is 422. The van der Waals surface area contributed by atoms with E-state index in [9.17, 15) is 9.18 Å². The van der Waals surface area contributed by atoms with Crippen LogP contribution in [0.3, 0.4) is 0 Å². The number of halogens is 2. The third-order valence-electron chi connectivity index (χ3n) is 2.34. The molecule has 3 nitrogen and oxygen atoms in total. The topological polar surface area (TPSA) is 38.3 Å². The summed E-state index contributed by atoms with van der Waals surface area (Å²) in [6, 6.07) is 2.71. The molecular weight excluding hydrogens is 221 g/mol. The molecule has 0 saturated carbocycles. The highest BCUT2D eigenvalue weighted by Gasteiger charge is 2.28. The van der Waals surface area contributed by atoms with Crippen LogP contribution in [0.25, 0.3) is 0 Å². The van der Waals surface area contributed by atoms with Gasteiger partial charge in [-0.3, -0.25) is 0 Å². The number of carbonyl (C=O) groups excluding carboxylic acids is 1. The van der Waals surface area contributed by atoms with Gasteiger partial charge in [-0.15, -0.1) is 0 Å². The molecule has 1 aliphatic rings. The van der Waals surface area contributed by atoms with Crippen molar-refractivity contribution in [3.05, 3.63) is 34.1 Å². The van der Waals surface area contributed by atoms with Crippen LogP contribution in [-0.2, 0) is 4.74 Å². The van der Waals surface area contributed by atoms with Crippen molar-refractivity contribution in [3.8, 4) is 0 Å². The van der Waals surface area contributed by atoms with E-state index in [0.717, 1.165) is 0 Å². The molecule has 80 valence electrons. The van der Waals surface area contributed by atoms with E-state index in [1.165, 1.54) is 0 Å². The molecule has 1 atom stereocenters. The number of nitrogens with one attached hydrogen (secondary N) is 1. The molecule has 2 rings (SSSR count). The second-order valence-electron chi connectivity index (χ2n) is 3.39. The Kier molecular flexibility index (Phi) is 2.52. The summed E-state index contributed by atoms with van der Waals surface area (Å²) < 4.78 is 18.4. The molecule has 0 unspecified atom stereocenters. The van der Waals surface area contributed by atoms with Gasteiger partial charge in [-0.05, 0) is 18.6 Å². The maximum atomic E-state index is 13.8. The number of cyclic esters (lactones) is 1. The lowest BCUT2D eigenvalue weighted by Gasteiger charge is -2.12. The maximum Gasteiger partial charge on any atom is 0.407 e. The fourth-order valence-corrected chi connectivity index (χ4v) is 1.82. The van der Waals surface area contributed by atoms with E-state index in [-0.39, 0.29) is 6.61 Å². The lowest BCUT2D eigenvalue weighted by atomic mass is 10.0. The van der Waals surface area contributed by atoms with Crippen LogP contribution in [0.15, 0.2) is 12.1 Å². The summed E-state index contributed by atoms with van der Waals surface area (Å²) in [5.74, 6) is -0.390. The predicted molar refractivity (Wildman–Crippen MR) is 53.4 cm³/mol. The zero-order chi connectivity index (χ0) is 11.0. The number of hydrogen-bond donors (Lipinski definition) is 1. The summed E-state index contributed by atoms with van der Waals surface area (Å²) in [5.41, 5.74) is 0.790. The minimum absolute atomic E-state index is 0.110. The van der Waals surface area contributed by atoms with Gasteiger partial charge in [-0.2, -0.15) is 0 Å². The number of rotatable bonds is 1. The quantitative estimate of drug-likeness (QED) is 0.804. The largest absolute Gasteiger partial charge is 0.447 e. The maximum absolute atomic E-state index is 13.8. The Balaban J connectivity index is 2.43. The lowest BCUT2D eigenvalue weighted by Crippen LogP contribution is -2.20. The first-order chi connectivity index (χ1) is 7.09. The summed E-state index contributed by atoms with van der Waals surface area (Å²) in [5, 5.41) is 2.79. The van der Waals surface area contributed by atoms with Crippen LogP contribution in [-0.4, -0.2) is 12.7 Å². The van der Waals surface area contributed by atoms with E-state index in [2.05, 4.69) is 5.32 Å². The lowest BCUT2D eigenvalue weighted by molar-refractivity contribution is 0.177. The van der Waals surface area contributed by atoms with Crippen molar-refractivity contribution in [3.63, 3.8) is 0 Å². The number of ether oxygens (including phenoxy) is 1. The van der Waals surface area contributed by atoms with E-state index < -0.39 is 18.0 Å². The molecule has 1 heterocycles. The molecule has 0 radical (unpaired) electrons. The third kappa shape index (κ3) is 1.77. The van der Waals surface area contributed by atoms with Crippen molar-refractivity contribution < 1.29 is 13.9 Å². The van der Waals surface area contributed by atoms with E-state index in [1.807, 2.05) is 0 Å². The number of hydrogen-bond acceptors (Lipinski definition) is 2. The van der Waals surface area contributed by atoms with E-state index in [1.54, 1.807) is 19.1 Å². The average Bonchev–Trinajstić information content (AvgIpc) is 2.59. The minimum atomic E-state index is -0.544. The molecule has 0 aliphatic carbocycles. The summed E-state index contributed by atoms with van der Waals surface area (Å²) in [4.78, 5) is 10.8. The van der Waals surface area contributed by atoms with Gasteiger partial charge in [0, 0.05) is 10.6 Å². The van der Waals surface area contributed by atoms with Gasteiger partial charge in [-0.25, -0.2) is 9.18 Å². The van der Waals surface area contributed by atoms with Gasteiger partial charge in [0.1, 0.15) is 12.4 Å². The van der Waals surface area contributed by atoms with Crippen LogP contribution < -0.4 is 5.32 Å².